The monoisotopic (exact) mass is 377 g/mol. The minimum atomic E-state index is -0.672. The van der Waals surface area contributed by atoms with Gasteiger partial charge in [0.2, 0.25) is 11.8 Å². The van der Waals surface area contributed by atoms with Crippen LogP contribution in [0.1, 0.15) is 12.8 Å². The molecule has 0 radical (unpaired) electrons. The quantitative estimate of drug-likeness (QED) is 0.462. The van der Waals surface area contributed by atoms with E-state index in [0.717, 1.165) is 11.3 Å². The van der Waals surface area contributed by atoms with E-state index in [4.69, 9.17) is 11.2 Å². The van der Waals surface area contributed by atoms with Gasteiger partial charge >= 0.3 is 0 Å². The molecule has 6 heteroatoms. The zero-order valence-corrected chi connectivity index (χ0v) is 13.7. The number of benzene rings is 1. The van der Waals surface area contributed by atoms with Crippen LogP contribution in [-0.2, 0) is 9.59 Å². The van der Waals surface area contributed by atoms with Crippen LogP contribution in [0.3, 0.4) is 0 Å². The fourth-order valence-corrected chi connectivity index (χ4v) is 3.37. The molecule has 0 bridgehead atoms. The highest BCUT2D eigenvalue weighted by molar-refractivity contribution is 9.10. The van der Waals surface area contributed by atoms with Gasteiger partial charge in [-0.25, -0.2) is 9.29 Å². The van der Waals surface area contributed by atoms with Gasteiger partial charge < -0.3 is 4.74 Å². The largest absolute Gasteiger partial charge is 0.480 e. The van der Waals surface area contributed by atoms with Gasteiger partial charge in [0.1, 0.15) is 18.2 Å². The third kappa shape index (κ3) is 2.66. The van der Waals surface area contributed by atoms with Gasteiger partial charge in [0.15, 0.2) is 0 Å². The Kier molecular flexibility index (Phi) is 4.22. The van der Waals surface area contributed by atoms with Gasteiger partial charge in [0.25, 0.3) is 0 Å². The van der Waals surface area contributed by atoms with Crippen molar-refractivity contribution in [2.24, 2.45) is 11.8 Å². The number of hydrogen-bond donors (Lipinski definition) is 0. The zero-order chi connectivity index (χ0) is 16.6. The van der Waals surface area contributed by atoms with E-state index < -0.39 is 23.6 Å². The standard InChI is InChI=1S/C17H13BrFNO3/c1-2-7-23-15-9-14(13(19)8-12(15)18)20-16(21)10-5-3-4-6-11(10)17(20)22/h1,3,5,8-11H,4,6-7H2. The first-order valence-corrected chi connectivity index (χ1v) is 7.93. The van der Waals surface area contributed by atoms with Gasteiger partial charge in [0.05, 0.1) is 22.0 Å². The van der Waals surface area contributed by atoms with Gasteiger partial charge in [-0.1, -0.05) is 18.1 Å². The lowest BCUT2D eigenvalue weighted by Gasteiger charge is -2.17. The first-order chi connectivity index (χ1) is 11.0. The lowest BCUT2D eigenvalue weighted by molar-refractivity contribution is -0.122. The van der Waals surface area contributed by atoms with E-state index in [1.54, 1.807) is 6.08 Å². The van der Waals surface area contributed by atoms with Crippen LogP contribution in [-0.4, -0.2) is 18.4 Å². The zero-order valence-electron chi connectivity index (χ0n) is 12.1. The average Bonchev–Trinajstić information content (AvgIpc) is 2.79. The highest BCUT2D eigenvalue weighted by atomic mass is 79.9. The smallest absolute Gasteiger partial charge is 0.241 e. The highest BCUT2D eigenvalue weighted by Gasteiger charge is 2.48. The summed E-state index contributed by atoms with van der Waals surface area (Å²) in [5.41, 5.74) is -0.0991. The third-order valence-electron chi connectivity index (χ3n) is 4.02. The highest BCUT2D eigenvalue weighted by Crippen LogP contribution is 2.40. The number of ether oxygens (including phenoxy) is 1. The fourth-order valence-electron chi connectivity index (χ4n) is 2.94. The molecule has 2 amide bonds. The van der Waals surface area contributed by atoms with Crippen LogP contribution in [0.25, 0.3) is 0 Å². The Labute approximate surface area is 141 Å². The molecule has 1 aromatic rings. The molecule has 118 valence electrons. The predicted octanol–water partition coefficient (Wildman–Crippen LogP) is 3.06. The normalized spacial score (nSPS) is 22.9. The number of amides is 2. The molecular weight excluding hydrogens is 365 g/mol. The maximum Gasteiger partial charge on any atom is 0.241 e. The second-order valence-corrected chi connectivity index (χ2v) is 6.23. The first-order valence-electron chi connectivity index (χ1n) is 7.14. The Bertz CT molecular complexity index is 753. The number of terminal acetylenes is 1. The summed E-state index contributed by atoms with van der Waals surface area (Å²) < 4.78 is 20.0. The number of carbonyl (C=O) groups excluding carboxylic acids is 2. The maximum absolute atomic E-state index is 14.3. The minimum absolute atomic E-state index is 0.000443. The summed E-state index contributed by atoms with van der Waals surface area (Å²) in [4.78, 5) is 26.0. The summed E-state index contributed by atoms with van der Waals surface area (Å²) >= 11 is 3.18. The minimum Gasteiger partial charge on any atom is -0.480 e. The molecule has 0 N–H and O–H groups in total. The summed E-state index contributed by atoms with van der Waals surface area (Å²) in [7, 11) is 0. The Morgan fingerprint density at radius 1 is 1.39 bits per heavy atom. The van der Waals surface area contributed by atoms with Crippen LogP contribution >= 0.6 is 15.9 Å². The number of carbonyl (C=O) groups is 2. The van der Waals surface area contributed by atoms with Gasteiger partial charge in [0, 0.05) is 6.07 Å². The summed E-state index contributed by atoms with van der Waals surface area (Å²) in [6.07, 6.45) is 10.1. The Balaban J connectivity index is 2.01. The van der Waals surface area contributed by atoms with E-state index in [9.17, 15) is 14.0 Å². The summed E-state index contributed by atoms with van der Waals surface area (Å²) in [6, 6.07) is 2.49. The predicted molar refractivity (Wildman–Crippen MR) is 86.3 cm³/mol. The molecule has 2 atom stereocenters. The number of imide groups is 1. The second-order valence-electron chi connectivity index (χ2n) is 5.38. The van der Waals surface area contributed by atoms with Crippen LogP contribution in [0.2, 0.25) is 0 Å². The summed E-state index contributed by atoms with van der Waals surface area (Å²) in [5, 5.41) is 0. The van der Waals surface area contributed by atoms with Crippen LogP contribution < -0.4 is 9.64 Å². The Morgan fingerprint density at radius 3 is 2.87 bits per heavy atom. The summed E-state index contributed by atoms with van der Waals surface area (Å²) in [5.74, 6) is 0.236. The van der Waals surface area contributed by atoms with Crippen molar-refractivity contribution in [1.29, 1.82) is 0 Å². The molecule has 1 aliphatic heterocycles. The average molecular weight is 378 g/mol. The topological polar surface area (TPSA) is 46.6 Å². The van der Waals surface area contributed by atoms with E-state index >= 15 is 0 Å². The number of halogens is 2. The van der Waals surface area contributed by atoms with Crippen molar-refractivity contribution >= 4 is 33.4 Å². The van der Waals surface area contributed by atoms with E-state index in [-0.39, 0.29) is 24.0 Å². The van der Waals surface area contributed by atoms with Crippen LogP contribution in [0.5, 0.6) is 5.75 Å². The maximum atomic E-state index is 14.3. The molecule has 3 rings (SSSR count). The number of allylic oxidation sites excluding steroid dienone is 1. The molecule has 2 aliphatic rings. The van der Waals surface area contributed by atoms with Crippen molar-refractivity contribution in [3.63, 3.8) is 0 Å². The molecule has 1 aliphatic carbocycles. The van der Waals surface area contributed by atoms with E-state index in [2.05, 4.69) is 21.9 Å². The lowest BCUT2D eigenvalue weighted by Crippen LogP contribution is -2.31. The number of rotatable bonds is 3. The molecule has 0 aromatic heterocycles. The third-order valence-corrected chi connectivity index (χ3v) is 4.64. The number of fused-ring (bicyclic) bond motifs is 1. The molecule has 1 fully saturated rings. The van der Waals surface area contributed by atoms with Crippen molar-refractivity contribution < 1.29 is 18.7 Å². The van der Waals surface area contributed by atoms with Crippen molar-refractivity contribution in [2.75, 3.05) is 11.5 Å². The molecular formula is C17H13BrFNO3. The lowest BCUT2D eigenvalue weighted by atomic mass is 9.86. The van der Waals surface area contributed by atoms with E-state index in [1.807, 2.05) is 6.08 Å². The van der Waals surface area contributed by atoms with Gasteiger partial charge in [-0.05, 0) is 34.8 Å². The van der Waals surface area contributed by atoms with Crippen molar-refractivity contribution in [3.8, 4) is 18.1 Å². The van der Waals surface area contributed by atoms with Crippen LogP contribution in [0, 0.1) is 30.0 Å². The van der Waals surface area contributed by atoms with E-state index in [0.29, 0.717) is 10.9 Å². The molecule has 1 heterocycles. The first kappa shape index (κ1) is 15.8. The Morgan fingerprint density at radius 2 is 2.17 bits per heavy atom. The number of hydrogen-bond acceptors (Lipinski definition) is 3. The molecule has 1 saturated heterocycles. The molecule has 0 spiro atoms. The van der Waals surface area contributed by atoms with Gasteiger partial charge in [-0.15, -0.1) is 6.42 Å². The van der Waals surface area contributed by atoms with Crippen molar-refractivity contribution in [1.82, 2.24) is 0 Å². The SMILES string of the molecule is C#CCOc1cc(N2C(=O)C3C=CCCC3C2=O)c(F)cc1Br. The number of anilines is 1. The van der Waals surface area contributed by atoms with Crippen molar-refractivity contribution in [2.45, 2.75) is 12.8 Å². The molecule has 23 heavy (non-hydrogen) atoms. The Hall–Kier alpha value is -2.13. The molecule has 1 aromatic carbocycles. The second kappa shape index (κ2) is 6.17. The van der Waals surface area contributed by atoms with Gasteiger partial charge in [-0.2, -0.15) is 0 Å². The molecule has 0 saturated carbocycles. The van der Waals surface area contributed by atoms with Gasteiger partial charge in [-0.3, -0.25) is 9.59 Å². The molecule has 2 unspecified atom stereocenters. The van der Waals surface area contributed by atoms with Crippen molar-refractivity contribution in [3.05, 3.63) is 34.6 Å². The van der Waals surface area contributed by atoms with Crippen LogP contribution in [0.4, 0.5) is 10.1 Å². The fraction of sp³-hybridized carbons (Fsp3) is 0.294. The number of nitrogens with zero attached hydrogens (tertiary/aromatic N) is 1. The van der Waals surface area contributed by atoms with E-state index in [1.165, 1.54) is 12.1 Å². The van der Waals surface area contributed by atoms with Crippen LogP contribution in [0.15, 0.2) is 28.8 Å². The summed E-state index contributed by atoms with van der Waals surface area (Å²) in [6.45, 7) is -0.000443. The molecule has 4 nitrogen and oxygen atoms in total.